The van der Waals surface area contributed by atoms with Gasteiger partial charge in [-0.25, -0.2) is 4.98 Å². The van der Waals surface area contributed by atoms with Gasteiger partial charge in [-0.15, -0.1) is 0 Å². The molecule has 0 aliphatic carbocycles. The molecule has 7 nitrogen and oxygen atoms in total. The van der Waals surface area contributed by atoms with Crippen molar-refractivity contribution in [1.82, 2.24) is 9.66 Å². The number of methoxy groups -OCH3 is 1. The number of furan rings is 1. The van der Waals surface area contributed by atoms with Crippen LogP contribution in [0.2, 0.25) is 0 Å². The lowest BCUT2D eigenvalue weighted by Gasteiger charge is -2.11. The van der Waals surface area contributed by atoms with Gasteiger partial charge < -0.3 is 13.9 Å². The number of hydrogen-bond acceptors (Lipinski definition) is 6. The first-order chi connectivity index (χ1) is 17.0. The molecule has 9 heteroatoms. The second-order valence-corrected chi connectivity index (χ2v) is 9.33. The van der Waals surface area contributed by atoms with Gasteiger partial charge in [0.05, 0.1) is 30.8 Å². The summed E-state index contributed by atoms with van der Waals surface area (Å²) in [4.78, 5) is 18.2. The molecule has 2 aromatic heterocycles. The lowest BCUT2D eigenvalue weighted by atomic mass is 10.2. The molecule has 0 aliphatic heterocycles. The van der Waals surface area contributed by atoms with Gasteiger partial charge >= 0.3 is 0 Å². The fourth-order valence-electron chi connectivity index (χ4n) is 3.71. The molecule has 5 aromatic rings. The van der Waals surface area contributed by atoms with E-state index in [1.807, 2.05) is 43.3 Å². The van der Waals surface area contributed by atoms with E-state index in [-0.39, 0.29) is 5.56 Å². The molecule has 0 atom stereocenters. The molecule has 0 saturated heterocycles. The summed E-state index contributed by atoms with van der Waals surface area (Å²) < 4.78 is 20.0. The highest BCUT2D eigenvalue weighted by atomic mass is 79.9. The summed E-state index contributed by atoms with van der Waals surface area (Å²) in [6, 6.07) is 18.3. The van der Waals surface area contributed by atoms with Gasteiger partial charge in [-0.2, -0.15) is 9.78 Å². The molecule has 0 aliphatic rings. The van der Waals surface area contributed by atoms with Gasteiger partial charge in [0.1, 0.15) is 5.58 Å². The predicted octanol–water partition coefficient (Wildman–Crippen LogP) is 6.62. The van der Waals surface area contributed by atoms with E-state index in [0.29, 0.717) is 51.7 Å². The van der Waals surface area contributed by atoms with E-state index < -0.39 is 0 Å². The highest BCUT2D eigenvalue weighted by Gasteiger charge is 2.17. The van der Waals surface area contributed by atoms with Gasteiger partial charge in [-0.05, 0) is 71.4 Å². The van der Waals surface area contributed by atoms with Crippen molar-refractivity contribution in [2.24, 2.45) is 5.10 Å². The van der Waals surface area contributed by atoms with E-state index in [9.17, 15) is 4.79 Å². The molecule has 0 unspecified atom stereocenters. The summed E-state index contributed by atoms with van der Waals surface area (Å²) in [7, 11) is 1.57. The van der Waals surface area contributed by atoms with Crippen LogP contribution in [0.3, 0.4) is 0 Å². The Kier molecular flexibility index (Phi) is 6.44. The Balaban J connectivity index is 1.69. The molecular formula is C26H19Br2N3O4. The normalized spacial score (nSPS) is 11.5. The van der Waals surface area contributed by atoms with Gasteiger partial charge in [-0.1, -0.05) is 28.1 Å². The van der Waals surface area contributed by atoms with Crippen molar-refractivity contribution >= 4 is 59.9 Å². The Morgan fingerprint density at radius 2 is 1.91 bits per heavy atom. The number of aromatic nitrogens is 2. The van der Waals surface area contributed by atoms with E-state index in [2.05, 4.69) is 37.0 Å². The van der Waals surface area contributed by atoms with Crippen molar-refractivity contribution in [3.8, 4) is 23.1 Å². The van der Waals surface area contributed by atoms with Crippen LogP contribution in [0.1, 0.15) is 12.5 Å². The lowest BCUT2D eigenvalue weighted by molar-refractivity contribution is 0.310. The molecular weight excluding hydrogens is 578 g/mol. The quantitative estimate of drug-likeness (QED) is 0.206. The molecule has 0 spiro atoms. The summed E-state index contributed by atoms with van der Waals surface area (Å²) >= 11 is 7.03. The number of benzene rings is 3. The Hall–Kier alpha value is -3.43. The average molecular weight is 597 g/mol. The second kappa shape index (κ2) is 9.67. The molecule has 0 fully saturated rings. The maximum absolute atomic E-state index is 13.5. The third-order valence-corrected chi connectivity index (χ3v) is 6.53. The second-order valence-electron chi connectivity index (χ2n) is 7.56. The van der Waals surface area contributed by atoms with Crippen LogP contribution >= 0.6 is 31.9 Å². The van der Waals surface area contributed by atoms with E-state index in [0.717, 1.165) is 14.3 Å². The maximum Gasteiger partial charge on any atom is 0.282 e. The summed E-state index contributed by atoms with van der Waals surface area (Å²) in [5, 5.41) is 5.86. The zero-order valence-corrected chi connectivity index (χ0v) is 22.0. The topological polar surface area (TPSA) is 78.9 Å². The number of halogens is 2. The van der Waals surface area contributed by atoms with E-state index in [4.69, 9.17) is 18.9 Å². The van der Waals surface area contributed by atoms with Crippen molar-refractivity contribution in [2.75, 3.05) is 13.7 Å². The summed E-state index contributed by atoms with van der Waals surface area (Å²) in [5.41, 5.74) is 1.63. The minimum Gasteiger partial charge on any atom is -0.493 e. The van der Waals surface area contributed by atoms with Crippen LogP contribution < -0.4 is 15.0 Å². The Morgan fingerprint density at radius 3 is 2.71 bits per heavy atom. The number of ether oxygens (including phenoxy) is 2. The van der Waals surface area contributed by atoms with Crippen molar-refractivity contribution in [3.63, 3.8) is 0 Å². The van der Waals surface area contributed by atoms with Gasteiger partial charge in [0.15, 0.2) is 17.3 Å². The highest BCUT2D eigenvalue weighted by molar-refractivity contribution is 9.10. The number of nitrogens with zero attached hydrogens (tertiary/aromatic N) is 3. The van der Waals surface area contributed by atoms with Crippen molar-refractivity contribution in [2.45, 2.75) is 6.92 Å². The zero-order valence-electron chi connectivity index (χ0n) is 18.8. The van der Waals surface area contributed by atoms with Crippen LogP contribution in [-0.2, 0) is 0 Å². The van der Waals surface area contributed by atoms with E-state index >= 15 is 0 Å². The lowest BCUT2D eigenvalue weighted by Crippen LogP contribution is -2.20. The Labute approximate surface area is 217 Å². The fourth-order valence-corrected chi connectivity index (χ4v) is 4.52. The number of rotatable bonds is 6. The van der Waals surface area contributed by atoms with Gasteiger partial charge in [0.25, 0.3) is 5.56 Å². The third-order valence-electron chi connectivity index (χ3n) is 5.35. The van der Waals surface area contributed by atoms with Crippen LogP contribution in [0.25, 0.3) is 33.5 Å². The molecule has 0 radical (unpaired) electrons. The van der Waals surface area contributed by atoms with Crippen molar-refractivity contribution in [3.05, 3.63) is 85.5 Å². The minimum absolute atomic E-state index is 0.297. The fraction of sp³-hybridized carbons (Fsp3) is 0.115. The molecule has 0 N–H and O–H groups in total. The van der Waals surface area contributed by atoms with Crippen LogP contribution in [-0.4, -0.2) is 29.6 Å². The molecule has 0 bridgehead atoms. The first-order valence-electron chi connectivity index (χ1n) is 10.7. The Bertz CT molecular complexity index is 1660. The first-order valence-corrected chi connectivity index (χ1v) is 12.3. The van der Waals surface area contributed by atoms with E-state index in [1.165, 1.54) is 4.68 Å². The van der Waals surface area contributed by atoms with Crippen LogP contribution in [0.5, 0.6) is 11.5 Å². The van der Waals surface area contributed by atoms with Gasteiger partial charge in [0.2, 0.25) is 5.82 Å². The highest BCUT2D eigenvalue weighted by Crippen LogP contribution is 2.33. The van der Waals surface area contributed by atoms with Crippen molar-refractivity contribution in [1.29, 1.82) is 0 Å². The van der Waals surface area contributed by atoms with Crippen LogP contribution in [0.4, 0.5) is 0 Å². The van der Waals surface area contributed by atoms with Gasteiger partial charge in [-0.3, -0.25) is 4.79 Å². The average Bonchev–Trinajstić information content (AvgIpc) is 3.27. The zero-order chi connectivity index (χ0) is 24.5. The maximum atomic E-state index is 13.5. The molecule has 176 valence electrons. The largest absolute Gasteiger partial charge is 0.493 e. The monoisotopic (exact) mass is 595 g/mol. The molecule has 5 rings (SSSR count). The number of para-hydroxylation sites is 1. The third kappa shape index (κ3) is 4.49. The van der Waals surface area contributed by atoms with Crippen LogP contribution in [0.15, 0.2) is 83.9 Å². The smallest absolute Gasteiger partial charge is 0.282 e. The molecule has 0 amide bonds. The molecule has 2 heterocycles. The predicted molar refractivity (Wildman–Crippen MR) is 144 cm³/mol. The molecule has 3 aromatic carbocycles. The summed E-state index contributed by atoms with van der Waals surface area (Å²) in [6.07, 6.45) is 1.57. The minimum atomic E-state index is -0.308. The number of fused-ring (bicyclic) bond motifs is 2. The Morgan fingerprint density at radius 1 is 1.09 bits per heavy atom. The van der Waals surface area contributed by atoms with Crippen molar-refractivity contribution < 1.29 is 13.9 Å². The van der Waals surface area contributed by atoms with Crippen LogP contribution in [0, 0.1) is 0 Å². The molecule has 0 saturated carbocycles. The first kappa shape index (κ1) is 23.3. The summed E-state index contributed by atoms with van der Waals surface area (Å²) in [5.74, 6) is 1.90. The standard InChI is InChI=1S/C26H19Br2N3O4/c1-3-34-23-13-19(28)16(12-22(23)33-2)14-29-31-25(30-20-7-5-4-6-18(20)26(31)32)24-11-15-10-17(27)8-9-21(15)35-24/h4-14H,3H2,1-2H3. The number of hydrogen-bond donors (Lipinski definition) is 0. The SMILES string of the molecule is CCOc1cc(Br)c(C=Nn2c(-c3cc4cc(Br)ccc4o3)nc3ccccc3c2=O)cc1OC. The molecule has 35 heavy (non-hydrogen) atoms. The van der Waals surface area contributed by atoms with E-state index in [1.54, 1.807) is 37.6 Å². The summed E-state index contributed by atoms with van der Waals surface area (Å²) in [6.45, 7) is 2.41. The van der Waals surface area contributed by atoms with Gasteiger partial charge in [0, 0.05) is 19.9 Å².